The summed E-state index contributed by atoms with van der Waals surface area (Å²) in [6, 6.07) is 2.37. The molecule has 0 aromatic carbocycles. The number of hydrogen-bond acceptors (Lipinski definition) is 1. The van der Waals surface area contributed by atoms with Gasteiger partial charge in [0.15, 0.2) is 0 Å². The molecule has 0 amide bonds. The minimum Gasteiger partial charge on any atom is -0.193 e. The summed E-state index contributed by atoms with van der Waals surface area (Å²) < 4.78 is 0. The number of rotatable bonds is 2. The molecule has 0 heterocycles. The summed E-state index contributed by atoms with van der Waals surface area (Å²) in [7, 11) is 0. The van der Waals surface area contributed by atoms with E-state index in [1.165, 1.54) is 0 Å². The first kappa shape index (κ1) is 16.5. The zero-order chi connectivity index (χ0) is 14.7. The van der Waals surface area contributed by atoms with E-state index < -0.39 is 0 Å². The van der Waals surface area contributed by atoms with Gasteiger partial charge in [-0.25, -0.2) is 0 Å². The van der Waals surface area contributed by atoms with Crippen LogP contribution in [-0.2, 0) is 0 Å². The van der Waals surface area contributed by atoms with Crippen LogP contribution in [0, 0.1) is 29.1 Å². The maximum atomic E-state index is 9.50. The summed E-state index contributed by atoms with van der Waals surface area (Å²) in [6.45, 7) is 2.18. The number of nitrogens with zero attached hydrogens (tertiary/aromatic N) is 1. The van der Waals surface area contributed by atoms with Crippen molar-refractivity contribution in [3.05, 3.63) is 11.6 Å². The highest BCUT2D eigenvalue weighted by molar-refractivity contribution is 6.24. The molecule has 2 aliphatic rings. The van der Waals surface area contributed by atoms with E-state index in [1.54, 1.807) is 0 Å². The van der Waals surface area contributed by atoms with Gasteiger partial charge in [0.1, 0.15) is 0 Å². The molecule has 4 heteroatoms. The molecule has 2 saturated carbocycles. The SMILES string of the molecule is CC1CC(Cl)C(/C(C#N)=C/C2CCC(Cl)CC2)C(Cl)C1. The van der Waals surface area contributed by atoms with Gasteiger partial charge in [-0.2, -0.15) is 5.26 Å². The molecule has 2 unspecified atom stereocenters. The van der Waals surface area contributed by atoms with Crippen molar-refractivity contribution >= 4 is 34.8 Å². The molecule has 2 fully saturated rings. The Morgan fingerprint density at radius 1 is 1.05 bits per heavy atom. The third-order valence-electron chi connectivity index (χ3n) is 4.64. The van der Waals surface area contributed by atoms with E-state index in [1.807, 2.05) is 0 Å². The lowest BCUT2D eigenvalue weighted by Gasteiger charge is -2.35. The van der Waals surface area contributed by atoms with E-state index in [0.29, 0.717) is 17.2 Å². The van der Waals surface area contributed by atoms with Gasteiger partial charge < -0.3 is 0 Å². The highest BCUT2D eigenvalue weighted by Crippen LogP contribution is 2.41. The summed E-state index contributed by atoms with van der Waals surface area (Å²) in [5.41, 5.74) is 0.801. The van der Waals surface area contributed by atoms with Crippen molar-refractivity contribution in [2.75, 3.05) is 0 Å². The van der Waals surface area contributed by atoms with Gasteiger partial charge >= 0.3 is 0 Å². The molecule has 2 atom stereocenters. The summed E-state index contributed by atoms with van der Waals surface area (Å²) in [6.07, 6.45) is 8.25. The van der Waals surface area contributed by atoms with Crippen molar-refractivity contribution < 1.29 is 0 Å². The Morgan fingerprint density at radius 3 is 2.10 bits per heavy atom. The second-order valence-electron chi connectivity index (χ2n) is 6.38. The molecule has 0 N–H and O–H groups in total. The minimum atomic E-state index is -0.0171. The molecule has 0 radical (unpaired) electrons. The predicted molar refractivity (Wildman–Crippen MR) is 86.5 cm³/mol. The van der Waals surface area contributed by atoms with Crippen LogP contribution in [0.2, 0.25) is 0 Å². The van der Waals surface area contributed by atoms with Crippen LogP contribution in [0.25, 0.3) is 0 Å². The molecular formula is C16H22Cl3N. The Labute approximate surface area is 137 Å². The van der Waals surface area contributed by atoms with E-state index in [2.05, 4.69) is 19.1 Å². The predicted octanol–water partition coefficient (Wildman–Crippen LogP) is 5.49. The minimum absolute atomic E-state index is 0.00765. The smallest absolute Gasteiger partial charge is 0.0947 e. The van der Waals surface area contributed by atoms with Crippen LogP contribution in [-0.4, -0.2) is 16.1 Å². The van der Waals surface area contributed by atoms with Crippen molar-refractivity contribution in [2.45, 2.75) is 61.6 Å². The van der Waals surface area contributed by atoms with Gasteiger partial charge in [-0.15, -0.1) is 34.8 Å². The first-order valence-electron chi connectivity index (χ1n) is 7.55. The van der Waals surface area contributed by atoms with Gasteiger partial charge in [-0.05, 0) is 50.4 Å². The third kappa shape index (κ3) is 4.06. The molecule has 20 heavy (non-hydrogen) atoms. The van der Waals surface area contributed by atoms with E-state index in [-0.39, 0.29) is 16.7 Å². The van der Waals surface area contributed by atoms with Crippen LogP contribution in [0.4, 0.5) is 0 Å². The Kier molecular flexibility index (Phi) is 6.09. The average Bonchev–Trinajstić information content (AvgIpc) is 2.38. The van der Waals surface area contributed by atoms with Gasteiger partial charge in [0.05, 0.1) is 6.07 Å². The average molecular weight is 335 g/mol. The summed E-state index contributed by atoms with van der Waals surface area (Å²) in [5, 5.41) is 9.77. The fraction of sp³-hybridized carbons (Fsp3) is 0.812. The summed E-state index contributed by atoms with van der Waals surface area (Å²) >= 11 is 19.1. The fourth-order valence-electron chi connectivity index (χ4n) is 3.50. The van der Waals surface area contributed by atoms with Crippen LogP contribution in [0.15, 0.2) is 11.6 Å². The second-order valence-corrected chi connectivity index (χ2v) is 8.12. The van der Waals surface area contributed by atoms with Crippen LogP contribution in [0.1, 0.15) is 45.4 Å². The zero-order valence-corrected chi connectivity index (χ0v) is 14.1. The van der Waals surface area contributed by atoms with Crippen LogP contribution in [0.5, 0.6) is 0 Å². The van der Waals surface area contributed by atoms with Gasteiger partial charge in [-0.3, -0.25) is 0 Å². The standard InChI is InChI=1S/C16H22Cl3N/c1-10-6-14(18)16(15(19)7-10)12(9-20)8-11-2-4-13(17)5-3-11/h8,10-11,13-16H,2-7H2,1H3/b12-8+. The Hall–Kier alpha value is 0.100. The second kappa shape index (κ2) is 7.39. The summed E-state index contributed by atoms with van der Waals surface area (Å²) in [5.74, 6) is 1.02. The van der Waals surface area contributed by atoms with Crippen molar-refractivity contribution in [3.8, 4) is 6.07 Å². The van der Waals surface area contributed by atoms with E-state index >= 15 is 0 Å². The maximum Gasteiger partial charge on any atom is 0.0947 e. The first-order valence-corrected chi connectivity index (χ1v) is 8.86. The highest BCUT2D eigenvalue weighted by atomic mass is 35.5. The highest BCUT2D eigenvalue weighted by Gasteiger charge is 2.37. The molecular weight excluding hydrogens is 313 g/mol. The summed E-state index contributed by atoms with van der Waals surface area (Å²) in [4.78, 5) is 0. The van der Waals surface area contributed by atoms with E-state index in [9.17, 15) is 5.26 Å². The van der Waals surface area contributed by atoms with E-state index in [0.717, 1.165) is 44.1 Å². The first-order chi connectivity index (χ1) is 9.51. The molecule has 0 aromatic heterocycles. The maximum absolute atomic E-state index is 9.50. The van der Waals surface area contributed by atoms with Gasteiger partial charge in [0, 0.05) is 27.6 Å². The Morgan fingerprint density at radius 2 is 1.60 bits per heavy atom. The van der Waals surface area contributed by atoms with E-state index in [4.69, 9.17) is 34.8 Å². The molecule has 0 aromatic rings. The lowest BCUT2D eigenvalue weighted by Crippen LogP contribution is -2.34. The van der Waals surface area contributed by atoms with Gasteiger partial charge in [0.2, 0.25) is 0 Å². The largest absolute Gasteiger partial charge is 0.193 e. The number of halogens is 3. The molecule has 0 bridgehead atoms. The number of nitriles is 1. The lowest BCUT2D eigenvalue weighted by molar-refractivity contribution is 0.333. The lowest BCUT2D eigenvalue weighted by atomic mass is 9.77. The van der Waals surface area contributed by atoms with Gasteiger partial charge in [0.25, 0.3) is 0 Å². The van der Waals surface area contributed by atoms with Crippen LogP contribution >= 0.6 is 34.8 Å². The number of hydrogen-bond donors (Lipinski definition) is 0. The zero-order valence-electron chi connectivity index (χ0n) is 11.9. The molecule has 112 valence electrons. The fourth-order valence-corrected chi connectivity index (χ4v) is 5.05. The number of allylic oxidation sites excluding steroid dienone is 2. The molecule has 0 aliphatic heterocycles. The molecule has 1 nitrogen and oxygen atoms in total. The Bertz CT molecular complexity index is 381. The number of alkyl halides is 3. The topological polar surface area (TPSA) is 23.8 Å². The van der Waals surface area contributed by atoms with Crippen molar-refractivity contribution in [3.63, 3.8) is 0 Å². The van der Waals surface area contributed by atoms with Crippen LogP contribution < -0.4 is 0 Å². The molecule has 2 rings (SSSR count). The quantitative estimate of drug-likeness (QED) is 0.483. The van der Waals surface area contributed by atoms with Crippen molar-refractivity contribution in [2.24, 2.45) is 17.8 Å². The normalized spacial score (nSPS) is 43.0. The third-order valence-corrected chi connectivity index (χ3v) is 5.97. The Balaban J connectivity index is 2.09. The van der Waals surface area contributed by atoms with Crippen molar-refractivity contribution in [1.82, 2.24) is 0 Å². The van der Waals surface area contributed by atoms with Gasteiger partial charge in [-0.1, -0.05) is 13.0 Å². The van der Waals surface area contributed by atoms with Crippen molar-refractivity contribution in [1.29, 1.82) is 5.26 Å². The monoisotopic (exact) mass is 333 g/mol. The molecule has 0 saturated heterocycles. The molecule has 2 aliphatic carbocycles. The van der Waals surface area contributed by atoms with Crippen LogP contribution in [0.3, 0.4) is 0 Å². The molecule has 0 spiro atoms.